The van der Waals surface area contributed by atoms with E-state index in [1.54, 1.807) is 0 Å². The lowest BCUT2D eigenvalue weighted by Gasteiger charge is -2.28. The molecule has 1 aromatic rings. The van der Waals surface area contributed by atoms with Gasteiger partial charge < -0.3 is 20.3 Å². The highest BCUT2D eigenvalue weighted by molar-refractivity contribution is 5.82. The number of hydrogen-bond acceptors (Lipinski definition) is 7. The first kappa shape index (κ1) is 18.2. The van der Waals surface area contributed by atoms with Crippen LogP contribution in [0.2, 0.25) is 0 Å². The van der Waals surface area contributed by atoms with Gasteiger partial charge in [0, 0.05) is 32.2 Å². The van der Waals surface area contributed by atoms with E-state index < -0.39 is 6.09 Å². The van der Waals surface area contributed by atoms with Gasteiger partial charge in [-0.2, -0.15) is 0 Å². The Bertz CT molecular complexity index is 647. The Morgan fingerprint density at radius 1 is 1.19 bits per heavy atom. The van der Waals surface area contributed by atoms with E-state index in [1.807, 2.05) is 13.0 Å². The van der Waals surface area contributed by atoms with Crippen molar-refractivity contribution in [2.45, 2.75) is 26.2 Å². The normalized spacial score (nSPS) is 17.2. The largest absolute Gasteiger partial charge is 0.448 e. The second-order valence-corrected chi connectivity index (χ2v) is 6.52. The molecule has 2 N–H and O–H groups in total. The summed E-state index contributed by atoms with van der Waals surface area (Å²) in [4.78, 5) is 35.8. The molecule has 3 rings (SSSR count). The molecule has 9 nitrogen and oxygen atoms in total. The highest BCUT2D eigenvalue weighted by Crippen LogP contribution is 2.20. The Balaban J connectivity index is 1.43. The van der Waals surface area contributed by atoms with Crippen molar-refractivity contribution in [3.8, 4) is 0 Å². The summed E-state index contributed by atoms with van der Waals surface area (Å²) in [6, 6.07) is 1.96. The van der Waals surface area contributed by atoms with Crippen molar-refractivity contribution >= 4 is 23.6 Å². The Morgan fingerprint density at radius 2 is 2.00 bits per heavy atom. The van der Waals surface area contributed by atoms with Crippen LogP contribution in [0.1, 0.15) is 25.1 Å². The van der Waals surface area contributed by atoms with Crippen molar-refractivity contribution in [2.75, 3.05) is 56.1 Å². The van der Waals surface area contributed by atoms with E-state index in [0.29, 0.717) is 26.2 Å². The minimum Gasteiger partial charge on any atom is -0.448 e. The van der Waals surface area contributed by atoms with E-state index in [0.717, 1.165) is 30.5 Å². The van der Waals surface area contributed by atoms with Crippen LogP contribution in [0.25, 0.3) is 0 Å². The van der Waals surface area contributed by atoms with Crippen LogP contribution in [0.15, 0.2) is 6.07 Å². The van der Waals surface area contributed by atoms with Crippen molar-refractivity contribution in [2.24, 2.45) is 0 Å². The molecule has 9 heteroatoms. The molecule has 0 unspecified atom stereocenters. The number of ether oxygens (including phenoxy) is 1. The average molecular weight is 362 g/mol. The number of aryl methyl sites for hydroxylation is 1. The lowest BCUT2D eigenvalue weighted by atomic mass is 10.1. The van der Waals surface area contributed by atoms with Crippen molar-refractivity contribution in [3.05, 3.63) is 11.9 Å². The number of rotatable bonds is 7. The molecule has 0 aliphatic carbocycles. The second kappa shape index (κ2) is 8.68. The highest BCUT2D eigenvalue weighted by atomic mass is 16.6. The maximum Gasteiger partial charge on any atom is 0.410 e. The standard InChI is InChI=1S/C17H26N6O3/c1-13-20-14(11-15(21-13)22-7-3-2-4-8-22)18-5-6-19-16(24)12-23-9-10-26-17(23)25/h11H,2-10,12H2,1H3,(H,19,24)(H,18,20,21). The van der Waals surface area contributed by atoms with Crippen LogP contribution in [0, 0.1) is 6.92 Å². The molecule has 2 fully saturated rings. The Kier molecular flexibility index (Phi) is 6.08. The minimum absolute atomic E-state index is 0.0323. The van der Waals surface area contributed by atoms with Gasteiger partial charge in [-0.15, -0.1) is 0 Å². The predicted octanol–water partition coefficient (Wildman–Crippen LogP) is 0.756. The first-order valence-electron chi connectivity index (χ1n) is 9.15. The highest BCUT2D eigenvalue weighted by Gasteiger charge is 2.23. The van der Waals surface area contributed by atoms with Crippen LogP contribution >= 0.6 is 0 Å². The Morgan fingerprint density at radius 3 is 2.73 bits per heavy atom. The fraction of sp³-hybridized carbons (Fsp3) is 0.647. The van der Waals surface area contributed by atoms with Crippen LogP contribution in [0.3, 0.4) is 0 Å². The van der Waals surface area contributed by atoms with Crippen molar-refractivity contribution < 1.29 is 14.3 Å². The summed E-state index contributed by atoms with van der Waals surface area (Å²) in [5.74, 6) is 2.25. The zero-order valence-corrected chi connectivity index (χ0v) is 15.2. The van der Waals surface area contributed by atoms with Gasteiger partial charge in [0.15, 0.2) is 0 Å². The second-order valence-electron chi connectivity index (χ2n) is 6.52. The molecule has 2 saturated heterocycles. The maximum absolute atomic E-state index is 11.9. The smallest absolute Gasteiger partial charge is 0.410 e. The van der Waals surface area contributed by atoms with Gasteiger partial charge in [0.25, 0.3) is 0 Å². The predicted molar refractivity (Wildman–Crippen MR) is 97.3 cm³/mol. The third kappa shape index (κ3) is 4.96. The number of carbonyl (C=O) groups excluding carboxylic acids is 2. The number of nitrogens with zero attached hydrogens (tertiary/aromatic N) is 4. The fourth-order valence-corrected chi connectivity index (χ4v) is 3.12. The molecule has 2 aliphatic rings. The molecule has 3 heterocycles. The van der Waals surface area contributed by atoms with Gasteiger partial charge in [0.2, 0.25) is 5.91 Å². The molecule has 142 valence electrons. The molecule has 0 radical (unpaired) electrons. The van der Waals surface area contributed by atoms with Crippen LogP contribution in [0.5, 0.6) is 0 Å². The van der Waals surface area contributed by atoms with E-state index in [1.165, 1.54) is 24.2 Å². The summed E-state index contributed by atoms with van der Waals surface area (Å²) in [7, 11) is 0. The number of cyclic esters (lactones) is 1. The van der Waals surface area contributed by atoms with Gasteiger partial charge in [-0.25, -0.2) is 14.8 Å². The summed E-state index contributed by atoms with van der Waals surface area (Å²) < 4.78 is 4.80. The van der Waals surface area contributed by atoms with Crippen molar-refractivity contribution in [1.82, 2.24) is 20.2 Å². The maximum atomic E-state index is 11.9. The number of aromatic nitrogens is 2. The number of piperidine rings is 1. The van der Waals surface area contributed by atoms with E-state index in [-0.39, 0.29) is 12.5 Å². The van der Waals surface area contributed by atoms with E-state index >= 15 is 0 Å². The van der Waals surface area contributed by atoms with E-state index in [4.69, 9.17) is 4.74 Å². The van der Waals surface area contributed by atoms with Gasteiger partial charge in [-0.05, 0) is 26.2 Å². The Hall–Kier alpha value is -2.58. The molecular formula is C17H26N6O3. The topological polar surface area (TPSA) is 99.7 Å². The van der Waals surface area contributed by atoms with Crippen molar-refractivity contribution in [1.29, 1.82) is 0 Å². The van der Waals surface area contributed by atoms with Gasteiger partial charge in [-0.3, -0.25) is 9.69 Å². The fourth-order valence-electron chi connectivity index (χ4n) is 3.12. The SMILES string of the molecule is Cc1nc(NCCNC(=O)CN2CCOC2=O)cc(N2CCCCC2)n1. The summed E-state index contributed by atoms with van der Waals surface area (Å²) in [6.07, 6.45) is 3.24. The van der Waals surface area contributed by atoms with Gasteiger partial charge >= 0.3 is 6.09 Å². The monoisotopic (exact) mass is 362 g/mol. The summed E-state index contributed by atoms with van der Waals surface area (Å²) in [5.41, 5.74) is 0. The summed E-state index contributed by atoms with van der Waals surface area (Å²) in [6.45, 7) is 5.79. The third-order valence-electron chi connectivity index (χ3n) is 4.44. The molecule has 2 aliphatic heterocycles. The first-order chi connectivity index (χ1) is 12.6. The average Bonchev–Trinajstić information content (AvgIpc) is 3.04. The first-order valence-corrected chi connectivity index (χ1v) is 9.15. The minimum atomic E-state index is -0.431. The van der Waals surface area contributed by atoms with Crippen molar-refractivity contribution in [3.63, 3.8) is 0 Å². The molecule has 0 aromatic carbocycles. The van der Waals surface area contributed by atoms with Gasteiger partial charge in [0.05, 0.1) is 6.54 Å². The zero-order chi connectivity index (χ0) is 18.4. The molecule has 1 aromatic heterocycles. The lowest BCUT2D eigenvalue weighted by molar-refractivity contribution is -0.121. The van der Waals surface area contributed by atoms with Crippen LogP contribution in [0.4, 0.5) is 16.4 Å². The molecule has 0 bridgehead atoms. The summed E-state index contributed by atoms with van der Waals surface area (Å²) >= 11 is 0. The lowest BCUT2D eigenvalue weighted by Crippen LogP contribution is -2.39. The van der Waals surface area contributed by atoms with Gasteiger partial charge in [0.1, 0.15) is 30.6 Å². The number of amides is 2. The van der Waals surface area contributed by atoms with Crippen LogP contribution in [-0.2, 0) is 9.53 Å². The number of carbonyl (C=O) groups is 2. The van der Waals surface area contributed by atoms with Crippen LogP contribution < -0.4 is 15.5 Å². The number of hydrogen-bond donors (Lipinski definition) is 2. The molecule has 0 spiro atoms. The molecule has 26 heavy (non-hydrogen) atoms. The van der Waals surface area contributed by atoms with Crippen LogP contribution in [-0.4, -0.2) is 72.7 Å². The third-order valence-corrected chi connectivity index (χ3v) is 4.44. The number of anilines is 2. The molecular weight excluding hydrogens is 336 g/mol. The molecule has 2 amide bonds. The quantitative estimate of drug-likeness (QED) is 0.691. The number of nitrogens with one attached hydrogen (secondary N) is 2. The molecule has 0 saturated carbocycles. The zero-order valence-electron chi connectivity index (χ0n) is 15.2. The Labute approximate surface area is 153 Å². The molecule has 0 atom stereocenters. The van der Waals surface area contributed by atoms with E-state index in [9.17, 15) is 9.59 Å². The van der Waals surface area contributed by atoms with E-state index in [2.05, 4.69) is 25.5 Å². The summed E-state index contributed by atoms with van der Waals surface area (Å²) in [5, 5.41) is 6.01. The van der Waals surface area contributed by atoms with Gasteiger partial charge in [-0.1, -0.05) is 0 Å².